The van der Waals surface area contributed by atoms with E-state index in [-0.39, 0.29) is 11.3 Å². The predicted molar refractivity (Wildman–Crippen MR) is 141 cm³/mol. The van der Waals surface area contributed by atoms with Crippen molar-refractivity contribution in [2.45, 2.75) is 69.4 Å². The van der Waals surface area contributed by atoms with Gasteiger partial charge in [-0.15, -0.1) is 6.58 Å². The van der Waals surface area contributed by atoms with Crippen molar-refractivity contribution in [1.29, 1.82) is 0 Å². The zero-order chi connectivity index (χ0) is 24.3. The highest BCUT2D eigenvalue weighted by molar-refractivity contribution is 5.94. The van der Waals surface area contributed by atoms with E-state index >= 15 is 0 Å². The third kappa shape index (κ3) is 5.10. The number of carbonyl (C=O) groups is 1. The van der Waals surface area contributed by atoms with Crippen molar-refractivity contribution in [3.8, 4) is 0 Å². The maximum atomic E-state index is 13.5. The molecule has 2 aliphatic carbocycles. The van der Waals surface area contributed by atoms with Crippen molar-refractivity contribution in [3.63, 3.8) is 0 Å². The van der Waals surface area contributed by atoms with Crippen LogP contribution < -0.4 is 5.32 Å². The van der Waals surface area contributed by atoms with Gasteiger partial charge in [-0.1, -0.05) is 55.7 Å². The Morgan fingerprint density at radius 3 is 2.60 bits per heavy atom. The molecule has 1 aliphatic heterocycles. The summed E-state index contributed by atoms with van der Waals surface area (Å²) in [5, 5.41) is 8.81. The predicted octanol–water partition coefficient (Wildman–Crippen LogP) is 3.81. The lowest BCUT2D eigenvalue weighted by Crippen LogP contribution is -2.48. The summed E-state index contributed by atoms with van der Waals surface area (Å²) in [6.07, 6.45) is 11.3. The molecule has 2 aromatic rings. The van der Waals surface area contributed by atoms with E-state index in [1.807, 2.05) is 15.7 Å². The zero-order valence-corrected chi connectivity index (χ0v) is 21.3. The molecule has 5 rings (SSSR count). The highest BCUT2D eigenvalue weighted by Crippen LogP contribution is 2.39. The van der Waals surface area contributed by atoms with E-state index in [4.69, 9.17) is 5.10 Å². The lowest BCUT2D eigenvalue weighted by Gasteiger charge is -2.40. The highest BCUT2D eigenvalue weighted by atomic mass is 16.2. The van der Waals surface area contributed by atoms with E-state index in [1.54, 1.807) is 0 Å². The second kappa shape index (κ2) is 10.7. The fourth-order valence-corrected chi connectivity index (χ4v) is 6.39. The van der Waals surface area contributed by atoms with Crippen LogP contribution in [-0.2, 0) is 24.8 Å². The minimum Gasteiger partial charge on any atom is -0.335 e. The number of benzene rings is 1. The third-order valence-electron chi connectivity index (χ3n) is 8.57. The summed E-state index contributed by atoms with van der Waals surface area (Å²) in [4.78, 5) is 17.8. The average Bonchev–Trinajstić information content (AvgIpc) is 3.26. The van der Waals surface area contributed by atoms with Crippen molar-refractivity contribution < 1.29 is 4.79 Å². The largest absolute Gasteiger partial charge is 0.335 e. The number of fused-ring (bicyclic) bond motifs is 1. The Morgan fingerprint density at radius 2 is 1.89 bits per heavy atom. The second-order valence-corrected chi connectivity index (χ2v) is 10.9. The van der Waals surface area contributed by atoms with Gasteiger partial charge >= 0.3 is 0 Å². The molecule has 1 saturated carbocycles. The summed E-state index contributed by atoms with van der Waals surface area (Å²) in [7, 11) is 2.12. The number of nitrogens with zero attached hydrogens (tertiary/aromatic N) is 4. The summed E-state index contributed by atoms with van der Waals surface area (Å²) in [5.74, 6) is 0.103. The van der Waals surface area contributed by atoms with Crippen LogP contribution in [0.15, 0.2) is 43.0 Å². The van der Waals surface area contributed by atoms with Gasteiger partial charge in [0.1, 0.15) is 0 Å². The van der Waals surface area contributed by atoms with Crippen LogP contribution in [0.4, 0.5) is 0 Å². The molecule has 1 aromatic carbocycles. The van der Waals surface area contributed by atoms with Crippen LogP contribution in [0.1, 0.15) is 65.8 Å². The first-order valence-electron chi connectivity index (χ1n) is 13.6. The first kappa shape index (κ1) is 24.3. The minimum atomic E-state index is 0.103. The van der Waals surface area contributed by atoms with Crippen molar-refractivity contribution in [2.75, 3.05) is 39.8 Å². The van der Waals surface area contributed by atoms with Crippen LogP contribution in [0, 0.1) is 0 Å². The first-order valence-corrected chi connectivity index (χ1v) is 13.6. The zero-order valence-electron chi connectivity index (χ0n) is 21.3. The number of carbonyl (C=O) groups excluding carboxylic acids is 1. The van der Waals surface area contributed by atoms with Crippen LogP contribution in [0.2, 0.25) is 0 Å². The van der Waals surface area contributed by atoms with E-state index in [9.17, 15) is 4.79 Å². The van der Waals surface area contributed by atoms with E-state index in [2.05, 4.69) is 54.2 Å². The molecular formula is C29H41N5O. The molecule has 2 fully saturated rings. The molecule has 6 heteroatoms. The fourth-order valence-electron chi connectivity index (χ4n) is 6.39. The van der Waals surface area contributed by atoms with Crippen molar-refractivity contribution in [2.24, 2.45) is 0 Å². The van der Waals surface area contributed by atoms with Gasteiger partial charge in [-0.25, -0.2) is 0 Å². The van der Waals surface area contributed by atoms with Crippen LogP contribution >= 0.6 is 0 Å². The Kier molecular flexibility index (Phi) is 7.40. The van der Waals surface area contributed by atoms with Crippen LogP contribution in [0.3, 0.4) is 0 Å². The van der Waals surface area contributed by atoms with E-state index in [1.165, 1.54) is 43.4 Å². The maximum absolute atomic E-state index is 13.5. The van der Waals surface area contributed by atoms with Gasteiger partial charge in [0.15, 0.2) is 5.69 Å². The number of amides is 1. The Hall–Kier alpha value is -2.44. The Labute approximate surface area is 210 Å². The molecule has 0 bridgehead atoms. The summed E-state index contributed by atoms with van der Waals surface area (Å²) in [5.41, 5.74) is 4.78. The number of hydrogen-bond donors (Lipinski definition) is 1. The van der Waals surface area contributed by atoms with Gasteiger partial charge in [0.2, 0.25) is 0 Å². The number of hydrogen-bond acceptors (Lipinski definition) is 4. The molecule has 3 aliphatic rings. The van der Waals surface area contributed by atoms with E-state index < -0.39 is 0 Å². The second-order valence-electron chi connectivity index (χ2n) is 10.9. The summed E-state index contributed by atoms with van der Waals surface area (Å²) in [6.45, 7) is 8.99. The molecule has 35 heavy (non-hydrogen) atoms. The van der Waals surface area contributed by atoms with Gasteiger partial charge in [-0.05, 0) is 44.7 Å². The standard InChI is InChI=1S/C29H41N5O/c1-3-16-34-26-13-12-24(21-25(26)27(31-34)28(35)33-19-17-32(2)18-20-33)30-22-29(14-8-5-9-15-29)23-10-6-4-7-11-23/h3-4,6-7,10-11,24,30H,1,5,8-9,12-22H2,2H3. The fraction of sp³-hybridized carbons (Fsp3) is 0.586. The summed E-state index contributed by atoms with van der Waals surface area (Å²) >= 11 is 0. The lowest BCUT2D eigenvalue weighted by molar-refractivity contribution is 0.0656. The number of aromatic nitrogens is 2. The molecule has 1 unspecified atom stereocenters. The number of allylic oxidation sites excluding steroid dienone is 1. The molecule has 2 heterocycles. The van der Waals surface area contributed by atoms with Crippen LogP contribution in [0.25, 0.3) is 0 Å². The molecule has 1 aromatic heterocycles. The smallest absolute Gasteiger partial charge is 0.274 e. The lowest BCUT2D eigenvalue weighted by atomic mass is 9.69. The summed E-state index contributed by atoms with van der Waals surface area (Å²) < 4.78 is 2.02. The molecular weight excluding hydrogens is 434 g/mol. The van der Waals surface area contributed by atoms with Crippen molar-refractivity contribution in [1.82, 2.24) is 24.9 Å². The Morgan fingerprint density at radius 1 is 1.14 bits per heavy atom. The maximum Gasteiger partial charge on any atom is 0.274 e. The van der Waals surface area contributed by atoms with Crippen molar-refractivity contribution in [3.05, 3.63) is 65.5 Å². The van der Waals surface area contributed by atoms with E-state index in [0.717, 1.165) is 57.5 Å². The van der Waals surface area contributed by atoms with Crippen molar-refractivity contribution >= 4 is 5.91 Å². The van der Waals surface area contributed by atoms with Crippen LogP contribution in [0.5, 0.6) is 0 Å². The molecule has 0 radical (unpaired) electrons. The molecule has 188 valence electrons. The van der Waals surface area contributed by atoms with Gasteiger partial charge in [-0.3, -0.25) is 9.48 Å². The molecule has 0 spiro atoms. The number of likely N-dealkylation sites (N-methyl/N-ethyl adjacent to an activating group) is 1. The molecule has 1 atom stereocenters. The van der Waals surface area contributed by atoms with Gasteiger partial charge < -0.3 is 15.1 Å². The first-order chi connectivity index (χ1) is 17.1. The molecule has 1 saturated heterocycles. The molecule has 1 amide bonds. The molecule has 6 nitrogen and oxygen atoms in total. The quantitative estimate of drug-likeness (QED) is 0.619. The monoisotopic (exact) mass is 475 g/mol. The van der Waals surface area contributed by atoms with Gasteiger partial charge in [0.05, 0.1) is 6.54 Å². The highest BCUT2D eigenvalue weighted by Gasteiger charge is 2.36. The number of rotatable bonds is 7. The Balaban J connectivity index is 1.34. The van der Waals surface area contributed by atoms with Crippen LogP contribution in [-0.4, -0.2) is 71.3 Å². The SMILES string of the molecule is C=CCn1nc(C(=O)N2CCN(C)CC2)c2c1CCC(NCC1(c3ccccc3)CCCCC1)C2. The third-order valence-corrected chi connectivity index (χ3v) is 8.57. The van der Waals surface area contributed by atoms with Gasteiger partial charge in [0, 0.05) is 55.4 Å². The summed E-state index contributed by atoms with van der Waals surface area (Å²) in [6, 6.07) is 11.5. The normalized spacial score (nSPS) is 22.5. The van der Waals surface area contributed by atoms with Gasteiger partial charge in [0.25, 0.3) is 5.91 Å². The number of nitrogens with one attached hydrogen (secondary N) is 1. The minimum absolute atomic E-state index is 0.103. The Bertz CT molecular complexity index is 1020. The van der Waals surface area contributed by atoms with E-state index in [0.29, 0.717) is 18.3 Å². The average molecular weight is 476 g/mol. The van der Waals surface area contributed by atoms with Gasteiger partial charge in [-0.2, -0.15) is 5.10 Å². The topological polar surface area (TPSA) is 53.4 Å². The number of piperazine rings is 1. The molecule has 1 N–H and O–H groups in total.